The summed E-state index contributed by atoms with van der Waals surface area (Å²) in [5, 5.41) is 13.6. The third-order valence-electron chi connectivity index (χ3n) is 4.18. The third-order valence-corrected chi connectivity index (χ3v) is 5.02. The maximum Gasteiger partial charge on any atom is 0.252 e. The standard InChI is InChI=1S/C16H21NO2S/c1-11-5-3-7-15(12(11)2)17-16(19)13-9-14(20-10-13)6-4-8-18/h9-12,15,18H,3,5,7-8H2,1-2H3,(H,17,19). The Labute approximate surface area is 124 Å². The highest BCUT2D eigenvalue weighted by Gasteiger charge is 2.28. The molecular weight excluding hydrogens is 270 g/mol. The number of hydrogen-bond acceptors (Lipinski definition) is 3. The van der Waals surface area contributed by atoms with E-state index in [9.17, 15) is 4.79 Å². The zero-order valence-electron chi connectivity index (χ0n) is 12.0. The van der Waals surface area contributed by atoms with E-state index in [2.05, 4.69) is 31.0 Å². The number of hydrogen-bond donors (Lipinski definition) is 2. The fourth-order valence-corrected chi connectivity index (χ4v) is 3.44. The molecule has 3 atom stereocenters. The van der Waals surface area contributed by atoms with Crippen molar-refractivity contribution in [3.05, 3.63) is 21.9 Å². The first-order valence-electron chi connectivity index (χ1n) is 7.11. The maximum absolute atomic E-state index is 12.3. The van der Waals surface area contributed by atoms with E-state index in [1.807, 2.05) is 5.38 Å². The molecule has 1 aliphatic carbocycles. The van der Waals surface area contributed by atoms with Gasteiger partial charge >= 0.3 is 0 Å². The van der Waals surface area contributed by atoms with Crippen molar-refractivity contribution in [2.45, 2.75) is 39.2 Å². The van der Waals surface area contributed by atoms with Gasteiger partial charge in [-0.3, -0.25) is 4.79 Å². The number of nitrogens with one attached hydrogen (secondary N) is 1. The van der Waals surface area contributed by atoms with Crippen LogP contribution < -0.4 is 5.32 Å². The van der Waals surface area contributed by atoms with Gasteiger partial charge in [0.15, 0.2) is 0 Å². The minimum atomic E-state index is -0.156. The van der Waals surface area contributed by atoms with Gasteiger partial charge in [0.1, 0.15) is 6.61 Å². The van der Waals surface area contributed by atoms with E-state index in [-0.39, 0.29) is 18.6 Å². The second-order valence-corrected chi connectivity index (χ2v) is 6.42. The third kappa shape index (κ3) is 3.62. The summed E-state index contributed by atoms with van der Waals surface area (Å²) in [6, 6.07) is 2.07. The van der Waals surface area contributed by atoms with E-state index < -0.39 is 0 Å². The molecule has 0 bridgehead atoms. The van der Waals surface area contributed by atoms with Gasteiger partial charge < -0.3 is 10.4 Å². The molecule has 3 unspecified atom stereocenters. The van der Waals surface area contributed by atoms with Crippen LogP contribution in [0.3, 0.4) is 0 Å². The molecule has 1 fully saturated rings. The monoisotopic (exact) mass is 291 g/mol. The molecule has 2 rings (SSSR count). The van der Waals surface area contributed by atoms with Crippen LogP contribution in [-0.2, 0) is 0 Å². The highest BCUT2D eigenvalue weighted by Crippen LogP contribution is 2.29. The van der Waals surface area contributed by atoms with Crippen molar-refractivity contribution >= 4 is 17.2 Å². The summed E-state index contributed by atoms with van der Waals surface area (Å²) >= 11 is 1.44. The van der Waals surface area contributed by atoms with Gasteiger partial charge in [-0.25, -0.2) is 0 Å². The Kier molecular flexibility index (Phi) is 5.22. The number of rotatable bonds is 2. The molecule has 1 saturated carbocycles. The quantitative estimate of drug-likeness (QED) is 0.823. The number of carbonyl (C=O) groups excluding carboxylic acids is 1. The van der Waals surface area contributed by atoms with Gasteiger partial charge in [0.25, 0.3) is 5.91 Å². The van der Waals surface area contributed by atoms with Crippen LogP contribution in [0.5, 0.6) is 0 Å². The van der Waals surface area contributed by atoms with Crippen molar-refractivity contribution in [3.63, 3.8) is 0 Å². The summed E-state index contributed by atoms with van der Waals surface area (Å²) in [7, 11) is 0. The first-order valence-corrected chi connectivity index (χ1v) is 7.99. The van der Waals surface area contributed by atoms with Crippen molar-refractivity contribution in [2.75, 3.05) is 6.61 Å². The fourth-order valence-electron chi connectivity index (χ4n) is 2.68. The second-order valence-electron chi connectivity index (χ2n) is 5.51. The molecule has 3 nitrogen and oxygen atoms in total. The van der Waals surface area contributed by atoms with Crippen molar-refractivity contribution in [1.82, 2.24) is 5.32 Å². The summed E-state index contributed by atoms with van der Waals surface area (Å²) in [5.74, 6) is 6.61. The molecule has 0 saturated heterocycles. The van der Waals surface area contributed by atoms with E-state index >= 15 is 0 Å². The van der Waals surface area contributed by atoms with E-state index in [0.717, 1.165) is 11.3 Å². The predicted molar refractivity (Wildman–Crippen MR) is 81.7 cm³/mol. The molecule has 0 aromatic carbocycles. The molecule has 0 radical (unpaired) electrons. The summed E-state index contributed by atoms with van der Waals surface area (Å²) < 4.78 is 0. The number of amides is 1. The van der Waals surface area contributed by atoms with Gasteiger partial charge in [-0.15, -0.1) is 11.3 Å². The van der Waals surface area contributed by atoms with Crippen LogP contribution in [-0.4, -0.2) is 23.7 Å². The molecule has 2 N–H and O–H groups in total. The van der Waals surface area contributed by atoms with E-state index in [0.29, 0.717) is 17.4 Å². The Morgan fingerprint density at radius 3 is 3.05 bits per heavy atom. The lowest BCUT2D eigenvalue weighted by Crippen LogP contribution is -2.43. The average Bonchev–Trinajstić information content (AvgIpc) is 2.90. The molecule has 108 valence electrons. The van der Waals surface area contributed by atoms with Crippen molar-refractivity contribution in [3.8, 4) is 11.8 Å². The average molecular weight is 291 g/mol. The summed E-state index contributed by atoms with van der Waals surface area (Å²) in [6.45, 7) is 4.33. The molecule has 1 aromatic heterocycles. The van der Waals surface area contributed by atoms with Crippen molar-refractivity contribution in [1.29, 1.82) is 0 Å². The molecular formula is C16H21NO2S. The molecule has 1 amide bonds. The number of aliphatic hydroxyl groups excluding tert-OH is 1. The molecule has 4 heteroatoms. The summed E-state index contributed by atoms with van der Waals surface area (Å²) in [4.78, 5) is 13.1. The van der Waals surface area contributed by atoms with Crippen LogP contribution in [0.2, 0.25) is 0 Å². The summed E-state index contributed by atoms with van der Waals surface area (Å²) in [6.07, 6.45) is 3.51. The molecule has 0 aliphatic heterocycles. The Bertz CT molecular complexity index is 526. The second kappa shape index (κ2) is 6.92. The van der Waals surface area contributed by atoms with Gasteiger partial charge in [-0.1, -0.05) is 38.5 Å². The first-order chi connectivity index (χ1) is 9.61. The highest BCUT2D eigenvalue weighted by atomic mass is 32.1. The van der Waals surface area contributed by atoms with Gasteiger partial charge in [0.2, 0.25) is 0 Å². The number of aliphatic hydroxyl groups is 1. The SMILES string of the molecule is CC1CCCC(NC(=O)c2csc(C#CCO)c2)C1C. The normalized spacial score (nSPS) is 25.6. The van der Waals surface area contributed by atoms with Gasteiger partial charge in [-0.2, -0.15) is 0 Å². The van der Waals surface area contributed by atoms with Crippen LogP contribution in [0.1, 0.15) is 48.3 Å². The van der Waals surface area contributed by atoms with Gasteiger partial charge in [-0.05, 0) is 24.3 Å². The molecule has 0 spiro atoms. The minimum Gasteiger partial charge on any atom is -0.384 e. The van der Waals surface area contributed by atoms with E-state index in [1.165, 1.54) is 24.2 Å². The van der Waals surface area contributed by atoms with E-state index in [1.54, 1.807) is 6.07 Å². The Morgan fingerprint density at radius 2 is 2.30 bits per heavy atom. The lowest BCUT2D eigenvalue weighted by atomic mass is 9.78. The maximum atomic E-state index is 12.3. The molecule has 1 aromatic rings. The van der Waals surface area contributed by atoms with Crippen molar-refractivity contribution < 1.29 is 9.90 Å². The lowest BCUT2D eigenvalue weighted by Gasteiger charge is -2.34. The van der Waals surface area contributed by atoms with Crippen LogP contribution >= 0.6 is 11.3 Å². The van der Waals surface area contributed by atoms with Crippen molar-refractivity contribution in [2.24, 2.45) is 11.8 Å². The molecule has 1 heterocycles. The lowest BCUT2D eigenvalue weighted by molar-refractivity contribution is 0.0891. The fraction of sp³-hybridized carbons (Fsp3) is 0.562. The van der Waals surface area contributed by atoms with Crippen LogP contribution in [0.25, 0.3) is 0 Å². The summed E-state index contributed by atoms with van der Waals surface area (Å²) in [5.41, 5.74) is 0.669. The van der Waals surface area contributed by atoms with Gasteiger partial charge in [0.05, 0.1) is 10.4 Å². The Morgan fingerprint density at radius 1 is 1.50 bits per heavy atom. The van der Waals surface area contributed by atoms with Crippen LogP contribution in [0.15, 0.2) is 11.4 Å². The Balaban J connectivity index is 1.99. The molecule has 20 heavy (non-hydrogen) atoms. The first kappa shape index (κ1) is 15.1. The predicted octanol–water partition coefficient (Wildman–Crippen LogP) is 2.65. The van der Waals surface area contributed by atoms with Crippen LogP contribution in [0, 0.1) is 23.7 Å². The number of carbonyl (C=O) groups is 1. The zero-order valence-corrected chi connectivity index (χ0v) is 12.8. The topological polar surface area (TPSA) is 49.3 Å². The van der Waals surface area contributed by atoms with E-state index in [4.69, 9.17) is 5.11 Å². The number of thiophene rings is 1. The minimum absolute atomic E-state index is 0.00996. The molecule has 1 aliphatic rings. The Hall–Kier alpha value is -1.31. The van der Waals surface area contributed by atoms with Gasteiger partial charge in [0, 0.05) is 11.4 Å². The highest BCUT2D eigenvalue weighted by molar-refractivity contribution is 7.10. The largest absolute Gasteiger partial charge is 0.384 e. The smallest absolute Gasteiger partial charge is 0.252 e. The zero-order chi connectivity index (χ0) is 14.5. The van der Waals surface area contributed by atoms with Crippen LogP contribution in [0.4, 0.5) is 0 Å².